The number of rotatable bonds is 2. The van der Waals surface area contributed by atoms with E-state index in [2.05, 4.69) is 22.5 Å². The third kappa shape index (κ3) is 2.85. The first-order valence-corrected chi connectivity index (χ1v) is 8.70. The zero-order chi connectivity index (χ0) is 17.6. The van der Waals surface area contributed by atoms with Crippen molar-refractivity contribution in [1.29, 1.82) is 0 Å². The number of imidazole rings is 1. The molecule has 25 heavy (non-hydrogen) atoms. The van der Waals surface area contributed by atoms with Crippen LogP contribution < -0.4 is 10.6 Å². The molecule has 0 saturated heterocycles. The van der Waals surface area contributed by atoms with Gasteiger partial charge in [0.15, 0.2) is 0 Å². The summed E-state index contributed by atoms with van der Waals surface area (Å²) >= 11 is 5.99. The summed E-state index contributed by atoms with van der Waals surface area (Å²) in [6.45, 7) is 3.72. The van der Waals surface area contributed by atoms with Gasteiger partial charge in [0.05, 0.1) is 17.1 Å². The molecule has 6 heteroatoms. The second-order valence-corrected chi connectivity index (χ2v) is 6.95. The third-order valence-electron chi connectivity index (χ3n) is 4.61. The Balaban J connectivity index is 1.85. The smallest absolute Gasteiger partial charge is 0.229 e. The summed E-state index contributed by atoms with van der Waals surface area (Å²) in [5, 5.41) is 7.82. The van der Waals surface area contributed by atoms with Gasteiger partial charge in [-0.15, -0.1) is 0 Å². The van der Waals surface area contributed by atoms with Crippen molar-refractivity contribution in [3.63, 3.8) is 0 Å². The average Bonchev–Trinajstić information content (AvgIpc) is 3.00. The predicted molar refractivity (Wildman–Crippen MR) is 102 cm³/mol. The van der Waals surface area contributed by atoms with Gasteiger partial charge in [0.1, 0.15) is 6.33 Å². The summed E-state index contributed by atoms with van der Waals surface area (Å²) in [4.78, 5) is 16.4. The first-order chi connectivity index (χ1) is 12.0. The first kappa shape index (κ1) is 16.0. The van der Waals surface area contributed by atoms with Crippen LogP contribution in [0.15, 0.2) is 42.7 Å². The van der Waals surface area contributed by atoms with Crippen LogP contribution >= 0.6 is 11.6 Å². The van der Waals surface area contributed by atoms with Crippen LogP contribution in [0, 0.1) is 0 Å². The van der Waals surface area contributed by atoms with E-state index < -0.39 is 0 Å². The van der Waals surface area contributed by atoms with Crippen LogP contribution in [0.4, 0.5) is 11.4 Å². The topological polar surface area (TPSA) is 59.0 Å². The van der Waals surface area contributed by atoms with Crippen molar-refractivity contribution in [2.24, 2.45) is 0 Å². The van der Waals surface area contributed by atoms with Crippen molar-refractivity contribution in [3.05, 3.63) is 53.3 Å². The Bertz CT molecular complexity index is 948. The van der Waals surface area contributed by atoms with E-state index in [1.807, 2.05) is 36.4 Å². The van der Waals surface area contributed by atoms with Crippen molar-refractivity contribution >= 4 is 39.9 Å². The van der Waals surface area contributed by atoms with E-state index in [4.69, 9.17) is 11.6 Å². The number of benzene rings is 2. The van der Waals surface area contributed by atoms with Crippen LogP contribution in [0.3, 0.4) is 0 Å². The normalized spacial score (nSPS) is 19.3. The van der Waals surface area contributed by atoms with Gasteiger partial charge in [0.25, 0.3) is 0 Å². The molecule has 128 valence electrons. The minimum absolute atomic E-state index is 0.0419. The van der Waals surface area contributed by atoms with Gasteiger partial charge in [0.2, 0.25) is 5.91 Å². The van der Waals surface area contributed by atoms with Gasteiger partial charge in [-0.2, -0.15) is 0 Å². The van der Waals surface area contributed by atoms with Gasteiger partial charge >= 0.3 is 0 Å². The van der Waals surface area contributed by atoms with Crippen LogP contribution in [0.25, 0.3) is 11.0 Å². The van der Waals surface area contributed by atoms with Gasteiger partial charge in [-0.1, -0.05) is 11.6 Å². The number of carbonyl (C=O) groups is 1. The van der Waals surface area contributed by atoms with Crippen molar-refractivity contribution in [1.82, 2.24) is 9.55 Å². The van der Waals surface area contributed by atoms with Crippen molar-refractivity contribution in [3.8, 4) is 0 Å². The molecule has 1 aromatic heterocycles. The summed E-state index contributed by atoms with van der Waals surface area (Å²) in [7, 11) is 0. The highest BCUT2D eigenvalue weighted by Gasteiger charge is 2.28. The van der Waals surface area contributed by atoms with Crippen LogP contribution in [0.1, 0.15) is 36.7 Å². The zero-order valence-electron chi connectivity index (χ0n) is 14.1. The molecule has 0 unspecified atom stereocenters. The van der Waals surface area contributed by atoms with E-state index in [9.17, 15) is 4.79 Å². The maximum atomic E-state index is 12.0. The Morgan fingerprint density at radius 1 is 1.28 bits per heavy atom. The molecule has 0 bridgehead atoms. The lowest BCUT2D eigenvalue weighted by atomic mass is 9.92. The number of halogens is 1. The lowest BCUT2D eigenvalue weighted by Crippen LogP contribution is -2.29. The number of hydrogen-bond donors (Lipinski definition) is 2. The van der Waals surface area contributed by atoms with Gasteiger partial charge in [-0.05, 0) is 49.7 Å². The second-order valence-electron chi connectivity index (χ2n) is 6.51. The summed E-state index contributed by atoms with van der Waals surface area (Å²) < 4.78 is 1.63. The SMILES string of the molecule is CC(=O)n1cnc2ccc3c(c21)[C@H](Nc1ccc(Cl)cc1)C[C@H](C)N3. The standard InChI is InChI=1S/C19H19ClN4O/c1-11-9-17(23-14-5-3-13(20)4-6-14)18-15(22-11)7-8-16-19(18)24(10-21-16)12(2)25/h3-8,10-11,17,22-23H,9H2,1-2H3/t11-,17+/m0/s1. The molecule has 1 aliphatic rings. The maximum Gasteiger partial charge on any atom is 0.229 e. The summed E-state index contributed by atoms with van der Waals surface area (Å²) in [6.07, 6.45) is 2.50. The number of carbonyl (C=O) groups excluding carboxylic acids is 1. The molecule has 2 atom stereocenters. The van der Waals surface area contributed by atoms with E-state index in [-0.39, 0.29) is 11.9 Å². The van der Waals surface area contributed by atoms with E-state index in [1.54, 1.807) is 17.8 Å². The molecule has 0 fully saturated rings. The summed E-state index contributed by atoms with van der Waals surface area (Å²) in [6, 6.07) is 12.1. The van der Waals surface area contributed by atoms with Crippen LogP contribution in [-0.2, 0) is 0 Å². The maximum absolute atomic E-state index is 12.0. The molecule has 2 aromatic carbocycles. The van der Waals surface area contributed by atoms with Crippen LogP contribution in [-0.4, -0.2) is 21.5 Å². The minimum atomic E-state index is -0.0419. The molecule has 4 rings (SSSR count). The number of anilines is 2. The quantitative estimate of drug-likeness (QED) is 0.699. The monoisotopic (exact) mass is 354 g/mol. The zero-order valence-corrected chi connectivity index (χ0v) is 14.8. The Kier molecular flexibility index (Phi) is 3.88. The average molecular weight is 355 g/mol. The molecule has 0 saturated carbocycles. The number of nitrogens with one attached hydrogen (secondary N) is 2. The fraction of sp³-hybridized carbons (Fsp3) is 0.263. The Hall–Kier alpha value is -2.53. The number of aromatic nitrogens is 2. The minimum Gasteiger partial charge on any atom is -0.382 e. The largest absolute Gasteiger partial charge is 0.382 e. The lowest BCUT2D eigenvalue weighted by molar-refractivity contribution is 0.0941. The molecule has 2 N–H and O–H groups in total. The number of fused-ring (bicyclic) bond motifs is 3. The molecular formula is C19H19ClN4O. The first-order valence-electron chi connectivity index (χ1n) is 8.32. The highest BCUT2D eigenvalue weighted by atomic mass is 35.5. The van der Waals surface area contributed by atoms with Gasteiger partial charge in [0, 0.05) is 34.9 Å². The molecule has 3 aromatic rings. The van der Waals surface area contributed by atoms with Gasteiger partial charge in [-0.25, -0.2) is 4.98 Å². The number of nitrogens with zero attached hydrogens (tertiary/aromatic N) is 2. The van der Waals surface area contributed by atoms with Crippen molar-refractivity contribution in [2.75, 3.05) is 10.6 Å². The lowest BCUT2D eigenvalue weighted by Gasteiger charge is -2.33. The fourth-order valence-corrected chi connectivity index (χ4v) is 3.65. The second kappa shape index (κ2) is 6.08. The van der Waals surface area contributed by atoms with Gasteiger partial charge in [-0.3, -0.25) is 9.36 Å². The van der Waals surface area contributed by atoms with E-state index >= 15 is 0 Å². The summed E-state index contributed by atoms with van der Waals surface area (Å²) in [5.74, 6) is -0.0419. The molecule has 0 radical (unpaired) electrons. The summed E-state index contributed by atoms with van der Waals surface area (Å²) in [5.41, 5.74) is 4.82. The van der Waals surface area contributed by atoms with Crippen molar-refractivity contribution < 1.29 is 4.79 Å². The molecule has 0 aliphatic carbocycles. The Morgan fingerprint density at radius 2 is 2.04 bits per heavy atom. The molecule has 0 spiro atoms. The predicted octanol–water partition coefficient (Wildman–Crippen LogP) is 4.71. The van der Waals surface area contributed by atoms with E-state index in [0.29, 0.717) is 11.1 Å². The van der Waals surface area contributed by atoms with Gasteiger partial charge < -0.3 is 10.6 Å². The Labute approximate surface area is 151 Å². The molecule has 5 nitrogen and oxygen atoms in total. The van der Waals surface area contributed by atoms with Crippen LogP contribution in [0.2, 0.25) is 5.02 Å². The van der Waals surface area contributed by atoms with E-state index in [1.165, 1.54) is 0 Å². The molecular weight excluding hydrogens is 336 g/mol. The molecule has 2 heterocycles. The van der Waals surface area contributed by atoms with Crippen molar-refractivity contribution in [2.45, 2.75) is 32.4 Å². The van der Waals surface area contributed by atoms with E-state index in [0.717, 1.165) is 34.4 Å². The highest BCUT2D eigenvalue weighted by molar-refractivity contribution is 6.30. The Morgan fingerprint density at radius 3 is 2.76 bits per heavy atom. The number of hydrogen-bond acceptors (Lipinski definition) is 4. The fourth-order valence-electron chi connectivity index (χ4n) is 3.52. The van der Waals surface area contributed by atoms with Crippen LogP contribution in [0.5, 0.6) is 0 Å². The third-order valence-corrected chi connectivity index (χ3v) is 4.86. The molecule has 0 amide bonds. The molecule has 1 aliphatic heterocycles. The highest BCUT2D eigenvalue weighted by Crippen LogP contribution is 2.39.